The van der Waals surface area contributed by atoms with Crippen LogP contribution in [-0.2, 0) is 4.79 Å². The summed E-state index contributed by atoms with van der Waals surface area (Å²) in [5, 5.41) is 10.7. The van der Waals surface area contributed by atoms with Gasteiger partial charge in [-0.2, -0.15) is 0 Å². The van der Waals surface area contributed by atoms with E-state index in [0.717, 1.165) is 11.1 Å². The number of hydrogen-bond acceptors (Lipinski definition) is 3. The Kier molecular flexibility index (Phi) is 3.72. The summed E-state index contributed by atoms with van der Waals surface area (Å²) >= 11 is 0. The van der Waals surface area contributed by atoms with Crippen LogP contribution in [-0.4, -0.2) is 12.1 Å². The van der Waals surface area contributed by atoms with Gasteiger partial charge in [0.15, 0.2) is 0 Å². The minimum absolute atomic E-state index is 0.399. The van der Waals surface area contributed by atoms with Crippen molar-refractivity contribution in [2.75, 3.05) is 0 Å². The summed E-state index contributed by atoms with van der Waals surface area (Å²) in [6.45, 7) is 5.63. The van der Waals surface area contributed by atoms with Gasteiger partial charge in [-0.25, -0.2) is 0 Å². The first-order valence-electron chi connectivity index (χ1n) is 5.00. The highest BCUT2D eigenvalue weighted by atomic mass is 16.5. The van der Waals surface area contributed by atoms with Crippen LogP contribution in [0.4, 0.5) is 0 Å². The molecule has 1 aromatic rings. The highest BCUT2D eigenvalue weighted by Gasteiger charge is 2.11. The number of aryl methyl sites for hydroxylation is 1. The molecule has 0 saturated carbocycles. The van der Waals surface area contributed by atoms with E-state index in [1.54, 1.807) is 13.0 Å². The first-order valence-corrected chi connectivity index (χ1v) is 5.00. The molecule has 3 heteroatoms. The van der Waals surface area contributed by atoms with E-state index in [2.05, 4.69) is 0 Å². The molecule has 0 saturated heterocycles. The molecule has 1 aromatic carbocycles. The molecule has 0 fully saturated rings. The second-order valence-corrected chi connectivity index (χ2v) is 3.53. The Balaban J connectivity index is 2.88. The Morgan fingerprint density at radius 2 is 2.13 bits per heavy atom. The summed E-state index contributed by atoms with van der Waals surface area (Å²) in [6, 6.07) is 5.58. The number of carbonyl (C=O) groups is 1. The van der Waals surface area contributed by atoms with Crippen LogP contribution >= 0.6 is 0 Å². The van der Waals surface area contributed by atoms with Gasteiger partial charge in [-0.1, -0.05) is 19.1 Å². The van der Waals surface area contributed by atoms with Crippen LogP contribution < -0.4 is 9.84 Å². The number of hydrogen-bond donors (Lipinski definition) is 0. The monoisotopic (exact) mass is 207 g/mol. The van der Waals surface area contributed by atoms with Gasteiger partial charge in [0.05, 0.1) is 5.97 Å². The fraction of sp³-hybridized carbons (Fsp3) is 0.417. The van der Waals surface area contributed by atoms with Crippen LogP contribution in [0.1, 0.15) is 24.5 Å². The van der Waals surface area contributed by atoms with E-state index < -0.39 is 12.1 Å². The summed E-state index contributed by atoms with van der Waals surface area (Å²) in [5.41, 5.74) is 2.05. The predicted molar refractivity (Wildman–Crippen MR) is 55.6 cm³/mol. The minimum Gasteiger partial charge on any atom is -0.546 e. The summed E-state index contributed by atoms with van der Waals surface area (Å²) in [6.07, 6.45) is -0.471. The number of benzene rings is 1. The topological polar surface area (TPSA) is 49.4 Å². The van der Waals surface area contributed by atoms with E-state index in [-0.39, 0.29) is 0 Å². The average Bonchev–Trinajstić information content (AvgIpc) is 2.19. The molecule has 15 heavy (non-hydrogen) atoms. The number of carbonyl (C=O) groups excluding carboxylic acids is 1. The van der Waals surface area contributed by atoms with Crippen LogP contribution in [0, 0.1) is 13.8 Å². The third kappa shape index (κ3) is 2.72. The van der Waals surface area contributed by atoms with Gasteiger partial charge in [-0.3, -0.25) is 0 Å². The number of rotatable bonds is 4. The Morgan fingerprint density at radius 1 is 1.47 bits per heavy atom. The lowest BCUT2D eigenvalue weighted by atomic mass is 10.1. The first kappa shape index (κ1) is 11.6. The lowest BCUT2D eigenvalue weighted by Crippen LogP contribution is -2.39. The average molecular weight is 207 g/mol. The molecule has 1 rings (SSSR count). The van der Waals surface area contributed by atoms with Gasteiger partial charge in [0.25, 0.3) is 0 Å². The normalized spacial score (nSPS) is 12.2. The zero-order valence-corrected chi connectivity index (χ0v) is 9.24. The van der Waals surface area contributed by atoms with Crippen LogP contribution in [0.2, 0.25) is 0 Å². The zero-order valence-electron chi connectivity index (χ0n) is 9.24. The van der Waals surface area contributed by atoms with Crippen molar-refractivity contribution in [1.82, 2.24) is 0 Å². The van der Waals surface area contributed by atoms with Crippen molar-refractivity contribution < 1.29 is 14.6 Å². The molecule has 0 radical (unpaired) electrons. The molecule has 0 aliphatic rings. The molecule has 3 nitrogen and oxygen atoms in total. The van der Waals surface area contributed by atoms with Gasteiger partial charge < -0.3 is 14.6 Å². The SMILES string of the molecule is CC[C@@H](Oc1cccc(C)c1C)C(=O)[O-]. The van der Waals surface area contributed by atoms with Crippen LogP contribution in [0.25, 0.3) is 0 Å². The van der Waals surface area contributed by atoms with Crippen molar-refractivity contribution in [1.29, 1.82) is 0 Å². The number of ether oxygens (including phenoxy) is 1. The molecule has 0 aliphatic heterocycles. The fourth-order valence-corrected chi connectivity index (χ4v) is 1.30. The lowest BCUT2D eigenvalue weighted by molar-refractivity contribution is -0.313. The third-order valence-electron chi connectivity index (χ3n) is 2.46. The van der Waals surface area contributed by atoms with Gasteiger partial charge in [-0.05, 0) is 37.5 Å². The molecule has 0 bridgehead atoms. The minimum atomic E-state index is -1.17. The maximum atomic E-state index is 10.7. The molecule has 1 atom stereocenters. The van der Waals surface area contributed by atoms with E-state index in [9.17, 15) is 9.90 Å². The summed E-state index contributed by atoms with van der Waals surface area (Å²) in [7, 11) is 0. The molecule has 0 amide bonds. The second kappa shape index (κ2) is 4.82. The van der Waals surface area contributed by atoms with E-state index in [1.807, 2.05) is 26.0 Å². The summed E-state index contributed by atoms with van der Waals surface area (Å²) in [5.74, 6) is -0.551. The van der Waals surface area contributed by atoms with E-state index >= 15 is 0 Å². The van der Waals surface area contributed by atoms with Gasteiger partial charge in [-0.15, -0.1) is 0 Å². The van der Waals surface area contributed by atoms with Crippen LogP contribution in [0.3, 0.4) is 0 Å². The molecule has 0 unspecified atom stereocenters. The lowest BCUT2D eigenvalue weighted by Gasteiger charge is -2.20. The molecule has 0 aliphatic carbocycles. The van der Waals surface area contributed by atoms with Gasteiger partial charge >= 0.3 is 0 Å². The van der Waals surface area contributed by atoms with Crippen molar-refractivity contribution in [2.24, 2.45) is 0 Å². The highest BCUT2D eigenvalue weighted by molar-refractivity contribution is 5.70. The van der Waals surface area contributed by atoms with Crippen LogP contribution in [0.15, 0.2) is 18.2 Å². The largest absolute Gasteiger partial charge is 0.546 e. The number of carboxylic acids is 1. The summed E-state index contributed by atoms with van der Waals surface area (Å²) in [4.78, 5) is 10.7. The van der Waals surface area contributed by atoms with Gasteiger partial charge in [0.1, 0.15) is 11.9 Å². The molecule has 82 valence electrons. The van der Waals surface area contributed by atoms with Crippen LogP contribution in [0.5, 0.6) is 5.75 Å². The Morgan fingerprint density at radius 3 is 2.67 bits per heavy atom. The summed E-state index contributed by atoms with van der Waals surface area (Å²) < 4.78 is 5.37. The Labute approximate surface area is 89.7 Å². The van der Waals surface area contributed by atoms with Gasteiger partial charge in [0.2, 0.25) is 0 Å². The molecule has 0 heterocycles. The fourth-order valence-electron chi connectivity index (χ4n) is 1.30. The number of carboxylic acid groups (broad SMARTS) is 1. The third-order valence-corrected chi connectivity index (χ3v) is 2.46. The maximum absolute atomic E-state index is 10.7. The predicted octanol–water partition coefficient (Wildman–Crippen LogP) is 1.21. The van der Waals surface area contributed by atoms with Crippen molar-refractivity contribution in [2.45, 2.75) is 33.3 Å². The maximum Gasteiger partial charge on any atom is 0.138 e. The zero-order chi connectivity index (χ0) is 11.4. The van der Waals surface area contributed by atoms with Gasteiger partial charge in [0, 0.05) is 0 Å². The molecular weight excluding hydrogens is 192 g/mol. The van der Waals surface area contributed by atoms with Crippen molar-refractivity contribution >= 4 is 5.97 Å². The Bertz CT molecular complexity index is 358. The highest BCUT2D eigenvalue weighted by Crippen LogP contribution is 2.22. The van der Waals surface area contributed by atoms with Crippen molar-refractivity contribution in [3.63, 3.8) is 0 Å². The van der Waals surface area contributed by atoms with E-state index in [1.165, 1.54) is 0 Å². The second-order valence-electron chi connectivity index (χ2n) is 3.53. The molecule has 0 spiro atoms. The molecular formula is C12H15O3-. The van der Waals surface area contributed by atoms with E-state index in [0.29, 0.717) is 12.2 Å². The first-order chi connectivity index (χ1) is 7.06. The van der Waals surface area contributed by atoms with Crippen molar-refractivity contribution in [3.05, 3.63) is 29.3 Å². The quantitative estimate of drug-likeness (QED) is 0.745. The Hall–Kier alpha value is -1.51. The molecule has 0 aromatic heterocycles. The number of aliphatic carboxylic acids is 1. The van der Waals surface area contributed by atoms with Crippen molar-refractivity contribution in [3.8, 4) is 5.75 Å². The standard InChI is InChI=1S/C12H16O3/c1-4-10(12(13)14)15-11-7-5-6-8(2)9(11)3/h5-7,10H,4H2,1-3H3,(H,13,14)/p-1/t10-/m1/s1. The smallest absolute Gasteiger partial charge is 0.138 e. The molecule has 0 N–H and O–H groups in total. The van der Waals surface area contributed by atoms with E-state index in [4.69, 9.17) is 4.74 Å².